The summed E-state index contributed by atoms with van der Waals surface area (Å²) in [6.45, 7) is 6.23. The predicted octanol–water partition coefficient (Wildman–Crippen LogP) is 3.28. The molecule has 0 spiro atoms. The van der Waals surface area contributed by atoms with Crippen molar-refractivity contribution in [3.05, 3.63) is 47.8 Å². The fourth-order valence-corrected chi connectivity index (χ4v) is 2.87. The molecule has 0 fully saturated rings. The van der Waals surface area contributed by atoms with E-state index in [1.165, 1.54) is 5.56 Å². The van der Waals surface area contributed by atoms with Gasteiger partial charge in [0.1, 0.15) is 5.69 Å². The predicted molar refractivity (Wildman–Crippen MR) is 91.8 cm³/mol. The maximum Gasteiger partial charge on any atom is 0.277 e. The molecule has 1 amide bonds. The van der Waals surface area contributed by atoms with Gasteiger partial charge in [-0.1, -0.05) is 25.1 Å². The summed E-state index contributed by atoms with van der Waals surface area (Å²) in [4.78, 5) is 23.4. The molecule has 3 rings (SSSR count). The van der Waals surface area contributed by atoms with E-state index in [0.29, 0.717) is 11.6 Å². The van der Waals surface area contributed by atoms with Crippen molar-refractivity contribution >= 4 is 17.5 Å². The third-order valence-corrected chi connectivity index (χ3v) is 4.29. The first kappa shape index (κ1) is 15.5. The van der Waals surface area contributed by atoms with Crippen LogP contribution in [0.1, 0.15) is 43.2 Å². The van der Waals surface area contributed by atoms with Gasteiger partial charge in [0.05, 0.1) is 0 Å². The zero-order valence-corrected chi connectivity index (χ0v) is 13.8. The minimum absolute atomic E-state index is 0.0722. The van der Waals surface area contributed by atoms with Crippen molar-refractivity contribution in [3.63, 3.8) is 0 Å². The van der Waals surface area contributed by atoms with Crippen LogP contribution in [0.4, 0.5) is 11.6 Å². The summed E-state index contributed by atoms with van der Waals surface area (Å²) in [6.07, 6.45) is 3.49. The molecular formula is C18H22N4O. The van der Waals surface area contributed by atoms with Crippen molar-refractivity contribution in [1.29, 1.82) is 0 Å². The monoisotopic (exact) mass is 310 g/mol. The van der Waals surface area contributed by atoms with E-state index in [1.54, 1.807) is 12.3 Å². The zero-order valence-electron chi connectivity index (χ0n) is 13.8. The molecule has 23 heavy (non-hydrogen) atoms. The summed E-state index contributed by atoms with van der Waals surface area (Å²) in [5.74, 6) is 0.433. The van der Waals surface area contributed by atoms with E-state index >= 15 is 0 Å². The van der Waals surface area contributed by atoms with Crippen molar-refractivity contribution in [2.24, 2.45) is 0 Å². The number of nitrogens with one attached hydrogen (secondary N) is 1. The van der Waals surface area contributed by atoms with Crippen LogP contribution in [0.2, 0.25) is 0 Å². The van der Waals surface area contributed by atoms with Crippen LogP contribution in [0, 0.1) is 0 Å². The molecule has 5 heteroatoms. The van der Waals surface area contributed by atoms with E-state index in [2.05, 4.69) is 42.1 Å². The number of para-hydroxylation sites is 1. The maximum absolute atomic E-state index is 12.9. The molecule has 1 aromatic heterocycles. The number of carbonyl (C=O) groups excluding carboxylic acids is 1. The molecule has 1 N–H and O–H groups in total. The highest BCUT2D eigenvalue weighted by molar-refractivity contribution is 6.06. The summed E-state index contributed by atoms with van der Waals surface area (Å²) in [6, 6.07) is 10.1. The van der Waals surface area contributed by atoms with Gasteiger partial charge in [-0.3, -0.25) is 4.79 Å². The average Bonchev–Trinajstić information content (AvgIpc) is 2.90. The number of anilines is 2. The number of rotatable bonds is 4. The smallest absolute Gasteiger partial charge is 0.277 e. The van der Waals surface area contributed by atoms with Gasteiger partial charge in [-0.15, -0.1) is 0 Å². The van der Waals surface area contributed by atoms with E-state index in [9.17, 15) is 4.79 Å². The van der Waals surface area contributed by atoms with Gasteiger partial charge in [-0.25, -0.2) is 9.97 Å². The quantitative estimate of drug-likeness (QED) is 0.941. The Morgan fingerprint density at radius 2 is 2.17 bits per heavy atom. The van der Waals surface area contributed by atoms with Crippen LogP contribution in [0.25, 0.3) is 0 Å². The second kappa shape index (κ2) is 6.36. The second-order valence-electron chi connectivity index (χ2n) is 6.08. The molecule has 120 valence electrons. The number of fused-ring (bicyclic) bond motifs is 1. The van der Waals surface area contributed by atoms with Crippen molar-refractivity contribution in [2.75, 3.05) is 10.2 Å². The molecule has 0 bridgehead atoms. The van der Waals surface area contributed by atoms with E-state index in [-0.39, 0.29) is 18.0 Å². The van der Waals surface area contributed by atoms with Gasteiger partial charge in [0.25, 0.3) is 5.91 Å². The topological polar surface area (TPSA) is 58.1 Å². The molecule has 2 heterocycles. The van der Waals surface area contributed by atoms with E-state index in [1.807, 2.05) is 23.1 Å². The molecule has 2 unspecified atom stereocenters. The molecule has 2 aromatic rings. The highest BCUT2D eigenvalue weighted by Crippen LogP contribution is 2.32. The lowest BCUT2D eigenvalue weighted by atomic mass is 10.1. The SMILES string of the molecule is CCC(C)Nc1nccc(C(=O)N2c3ccccc3CC2C)n1. The first-order chi connectivity index (χ1) is 11.1. The normalized spacial score (nSPS) is 17.7. The second-order valence-corrected chi connectivity index (χ2v) is 6.08. The van der Waals surface area contributed by atoms with Gasteiger partial charge in [-0.05, 0) is 44.4 Å². The number of hydrogen-bond donors (Lipinski definition) is 1. The molecule has 2 atom stereocenters. The Labute approximate surface area is 136 Å². The van der Waals surface area contributed by atoms with Gasteiger partial charge in [0.2, 0.25) is 5.95 Å². The van der Waals surface area contributed by atoms with Crippen molar-refractivity contribution in [2.45, 2.75) is 45.7 Å². The molecule has 0 aliphatic carbocycles. The maximum atomic E-state index is 12.9. The molecule has 0 saturated carbocycles. The van der Waals surface area contributed by atoms with Crippen LogP contribution in [-0.4, -0.2) is 28.0 Å². The number of carbonyl (C=O) groups is 1. The molecule has 1 aromatic carbocycles. The summed E-state index contributed by atoms with van der Waals surface area (Å²) in [5.41, 5.74) is 2.62. The Morgan fingerprint density at radius 3 is 2.96 bits per heavy atom. The van der Waals surface area contributed by atoms with Crippen LogP contribution in [0.3, 0.4) is 0 Å². The van der Waals surface area contributed by atoms with Crippen LogP contribution < -0.4 is 10.2 Å². The lowest BCUT2D eigenvalue weighted by Gasteiger charge is -2.22. The van der Waals surface area contributed by atoms with Gasteiger partial charge in [0, 0.05) is 24.0 Å². The Kier molecular flexibility index (Phi) is 4.28. The fourth-order valence-electron chi connectivity index (χ4n) is 2.87. The average molecular weight is 310 g/mol. The van der Waals surface area contributed by atoms with E-state index in [0.717, 1.165) is 18.5 Å². The Bertz CT molecular complexity index is 716. The van der Waals surface area contributed by atoms with Crippen molar-refractivity contribution in [3.8, 4) is 0 Å². The van der Waals surface area contributed by atoms with Crippen LogP contribution >= 0.6 is 0 Å². The van der Waals surface area contributed by atoms with Crippen molar-refractivity contribution < 1.29 is 4.79 Å². The van der Waals surface area contributed by atoms with E-state index in [4.69, 9.17) is 0 Å². The first-order valence-electron chi connectivity index (χ1n) is 8.11. The standard InChI is InChI=1S/C18H22N4O/c1-4-12(2)20-18-19-10-9-15(21-18)17(23)22-13(3)11-14-7-5-6-8-16(14)22/h5-10,12-13H,4,11H2,1-3H3,(H,19,20,21). The van der Waals surface area contributed by atoms with Crippen LogP contribution in [0.5, 0.6) is 0 Å². The highest BCUT2D eigenvalue weighted by Gasteiger charge is 2.31. The summed E-state index contributed by atoms with van der Waals surface area (Å²) < 4.78 is 0. The third kappa shape index (κ3) is 3.04. The molecular weight excluding hydrogens is 288 g/mol. The Hall–Kier alpha value is -2.43. The lowest BCUT2D eigenvalue weighted by molar-refractivity contribution is 0.0976. The summed E-state index contributed by atoms with van der Waals surface area (Å²) in [5, 5.41) is 3.21. The Balaban J connectivity index is 1.88. The molecule has 0 saturated heterocycles. The zero-order chi connectivity index (χ0) is 16.4. The number of nitrogens with zero attached hydrogens (tertiary/aromatic N) is 3. The summed E-state index contributed by atoms with van der Waals surface area (Å²) in [7, 11) is 0. The van der Waals surface area contributed by atoms with Gasteiger partial charge in [-0.2, -0.15) is 0 Å². The fraction of sp³-hybridized carbons (Fsp3) is 0.389. The van der Waals surface area contributed by atoms with Gasteiger partial charge < -0.3 is 10.2 Å². The number of aromatic nitrogens is 2. The van der Waals surface area contributed by atoms with Crippen molar-refractivity contribution in [1.82, 2.24) is 9.97 Å². The Morgan fingerprint density at radius 1 is 1.39 bits per heavy atom. The first-order valence-corrected chi connectivity index (χ1v) is 8.11. The summed E-state index contributed by atoms with van der Waals surface area (Å²) >= 11 is 0. The molecule has 5 nitrogen and oxygen atoms in total. The number of hydrogen-bond acceptors (Lipinski definition) is 4. The van der Waals surface area contributed by atoms with Crippen LogP contribution in [-0.2, 0) is 6.42 Å². The largest absolute Gasteiger partial charge is 0.352 e. The molecule has 1 aliphatic rings. The number of amides is 1. The lowest BCUT2D eigenvalue weighted by Crippen LogP contribution is -2.36. The highest BCUT2D eigenvalue weighted by atomic mass is 16.2. The molecule has 0 radical (unpaired) electrons. The minimum atomic E-state index is -0.0722. The molecule has 1 aliphatic heterocycles. The van der Waals surface area contributed by atoms with E-state index < -0.39 is 0 Å². The van der Waals surface area contributed by atoms with Gasteiger partial charge >= 0.3 is 0 Å². The minimum Gasteiger partial charge on any atom is -0.352 e. The van der Waals surface area contributed by atoms with Crippen LogP contribution in [0.15, 0.2) is 36.5 Å². The van der Waals surface area contributed by atoms with Gasteiger partial charge in [0.15, 0.2) is 0 Å². The number of benzene rings is 1. The third-order valence-electron chi connectivity index (χ3n) is 4.29.